The van der Waals surface area contributed by atoms with Crippen molar-refractivity contribution in [1.82, 2.24) is 5.32 Å². The van der Waals surface area contributed by atoms with E-state index in [1.54, 1.807) is 31.4 Å². The normalized spacial score (nSPS) is 14.2. The van der Waals surface area contributed by atoms with E-state index in [0.29, 0.717) is 29.6 Å². The second-order valence-corrected chi connectivity index (χ2v) is 7.01. The number of carbonyl (C=O) groups excluding carboxylic acids is 1. The lowest BCUT2D eigenvalue weighted by molar-refractivity contribution is -0.141. The molecule has 2 aromatic rings. The molecule has 0 saturated heterocycles. The number of carbonyl (C=O) groups is 2. The molecule has 1 aliphatic carbocycles. The number of para-hydroxylation sites is 2. The van der Waals surface area contributed by atoms with E-state index in [2.05, 4.69) is 5.32 Å². The Morgan fingerprint density at radius 3 is 2.46 bits per heavy atom. The van der Waals surface area contributed by atoms with Crippen LogP contribution < -0.4 is 14.8 Å². The monoisotopic (exact) mass is 383 g/mol. The highest BCUT2D eigenvalue weighted by Gasteiger charge is 2.24. The van der Waals surface area contributed by atoms with E-state index in [0.717, 1.165) is 18.4 Å². The first kappa shape index (κ1) is 19.7. The van der Waals surface area contributed by atoms with Crippen LogP contribution in [0.1, 0.15) is 28.8 Å². The van der Waals surface area contributed by atoms with Gasteiger partial charge in [-0.05, 0) is 48.9 Å². The van der Waals surface area contributed by atoms with Crippen molar-refractivity contribution in [3.05, 3.63) is 59.7 Å². The number of carboxylic acid groups (broad SMARTS) is 1. The van der Waals surface area contributed by atoms with Gasteiger partial charge < -0.3 is 19.9 Å². The first-order valence-corrected chi connectivity index (χ1v) is 9.43. The Labute approximate surface area is 164 Å². The molecular formula is C22H25NO5. The molecule has 0 heterocycles. The third-order valence-corrected chi connectivity index (χ3v) is 4.82. The van der Waals surface area contributed by atoms with Crippen molar-refractivity contribution in [2.75, 3.05) is 20.3 Å². The van der Waals surface area contributed by atoms with Crippen molar-refractivity contribution >= 4 is 11.9 Å². The van der Waals surface area contributed by atoms with Gasteiger partial charge in [0.2, 0.25) is 0 Å². The molecule has 28 heavy (non-hydrogen) atoms. The van der Waals surface area contributed by atoms with E-state index in [4.69, 9.17) is 9.47 Å². The SMILES string of the molecule is COc1ccccc1CC(CNC(=O)c1ccccc1OCC1CC1)C(=O)O. The summed E-state index contributed by atoms with van der Waals surface area (Å²) in [4.78, 5) is 24.3. The molecule has 6 nitrogen and oxygen atoms in total. The van der Waals surface area contributed by atoms with Gasteiger partial charge in [0, 0.05) is 6.54 Å². The van der Waals surface area contributed by atoms with Crippen LogP contribution in [-0.4, -0.2) is 37.2 Å². The van der Waals surface area contributed by atoms with Gasteiger partial charge in [0.15, 0.2) is 0 Å². The summed E-state index contributed by atoms with van der Waals surface area (Å²) >= 11 is 0. The summed E-state index contributed by atoms with van der Waals surface area (Å²) in [7, 11) is 1.55. The van der Waals surface area contributed by atoms with Gasteiger partial charge >= 0.3 is 5.97 Å². The predicted octanol–water partition coefficient (Wildman–Crippen LogP) is 3.16. The van der Waals surface area contributed by atoms with Crippen molar-refractivity contribution in [1.29, 1.82) is 0 Å². The molecule has 6 heteroatoms. The molecule has 1 amide bonds. The Hall–Kier alpha value is -3.02. The maximum atomic E-state index is 12.6. The van der Waals surface area contributed by atoms with E-state index in [1.165, 1.54) is 0 Å². The van der Waals surface area contributed by atoms with Crippen LogP contribution in [0.3, 0.4) is 0 Å². The topological polar surface area (TPSA) is 84.9 Å². The smallest absolute Gasteiger partial charge is 0.308 e. The number of rotatable bonds is 10. The highest BCUT2D eigenvalue weighted by Crippen LogP contribution is 2.30. The minimum atomic E-state index is -0.968. The molecule has 0 aliphatic heterocycles. The van der Waals surface area contributed by atoms with Crippen LogP contribution in [0.15, 0.2) is 48.5 Å². The number of amides is 1. The molecule has 2 N–H and O–H groups in total. The van der Waals surface area contributed by atoms with Crippen LogP contribution in [0.2, 0.25) is 0 Å². The number of hydrogen-bond donors (Lipinski definition) is 2. The van der Waals surface area contributed by atoms with E-state index in [1.807, 2.05) is 24.3 Å². The summed E-state index contributed by atoms with van der Waals surface area (Å²) in [5.74, 6) is -0.322. The Morgan fingerprint density at radius 2 is 1.79 bits per heavy atom. The maximum absolute atomic E-state index is 12.6. The molecule has 1 unspecified atom stereocenters. The Balaban J connectivity index is 1.63. The third kappa shape index (κ3) is 5.25. The van der Waals surface area contributed by atoms with Gasteiger partial charge in [-0.3, -0.25) is 9.59 Å². The average Bonchev–Trinajstić information content (AvgIpc) is 3.54. The zero-order valence-electron chi connectivity index (χ0n) is 15.9. The predicted molar refractivity (Wildman–Crippen MR) is 105 cm³/mol. The molecule has 1 fully saturated rings. The first-order valence-electron chi connectivity index (χ1n) is 9.43. The lowest BCUT2D eigenvalue weighted by Gasteiger charge is -2.16. The number of hydrogen-bond acceptors (Lipinski definition) is 4. The molecule has 1 atom stereocenters. The minimum absolute atomic E-state index is 0.0170. The highest BCUT2D eigenvalue weighted by atomic mass is 16.5. The van der Waals surface area contributed by atoms with E-state index < -0.39 is 11.9 Å². The molecule has 3 rings (SSSR count). The Kier molecular flexibility index (Phi) is 6.53. The Morgan fingerprint density at radius 1 is 1.11 bits per heavy atom. The van der Waals surface area contributed by atoms with Gasteiger partial charge in [0.25, 0.3) is 5.91 Å². The molecule has 0 spiro atoms. The summed E-state index contributed by atoms with van der Waals surface area (Å²) in [5.41, 5.74) is 1.21. The lowest BCUT2D eigenvalue weighted by atomic mass is 9.98. The highest BCUT2D eigenvalue weighted by molar-refractivity contribution is 5.97. The number of methoxy groups -OCH3 is 1. The molecule has 1 saturated carbocycles. The quantitative estimate of drug-likeness (QED) is 0.658. The molecule has 148 valence electrons. The van der Waals surface area contributed by atoms with E-state index >= 15 is 0 Å². The van der Waals surface area contributed by atoms with Crippen LogP contribution in [0.25, 0.3) is 0 Å². The van der Waals surface area contributed by atoms with Crippen molar-refractivity contribution in [3.8, 4) is 11.5 Å². The molecule has 1 aliphatic rings. The van der Waals surface area contributed by atoms with Crippen LogP contribution in [0, 0.1) is 11.8 Å². The van der Waals surface area contributed by atoms with Gasteiger partial charge in [-0.1, -0.05) is 30.3 Å². The van der Waals surface area contributed by atoms with Gasteiger partial charge in [-0.25, -0.2) is 0 Å². The maximum Gasteiger partial charge on any atom is 0.308 e. The molecule has 2 aromatic carbocycles. The number of carboxylic acids is 1. The zero-order chi connectivity index (χ0) is 19.9. The molecule has 0 radical (unpaired) electrons. The summed E-state index contributed by atoms with van der Waals surface area (Å²) in [6, 6.07) is 14.3. The standard InChI is InChI=1S/C22H25NO5/c1-27-19-8-4-2-6-16(19)12-17(22(25)26)13-23-21(24)18-7-3-5-9-20(18)28-14-15-10-11-15/h2-9,15,17H,10-14H2,1H3,(H,23,24)(H,25,26). The van der Waals surface area contributed by atoms with E-state index in [-0.39, 0.29) is 18.9 Å². The van der Waals surface area contributed by atoms with Gasteiger partial charge in [-0.15, -0.1) is 0 Å². The van der Waals surface area contributed by atoms with Gasteiger partial charge in [-0.2, -0.15) is 0 Å². The molecule has 0 aromatic heterocycles. The average molecular weight is 383 g/mol. The van der Waals surface area contributed by atoms with Crippen molar-refractivity contribution in [2.24, 2.45) is 11.8 Å². The summed E-state index contributed by atoms with van der Waals surface area (Å²) in [6.07, 6.45) is 2.59. The molecule has 0 bridgehead atoms. The first-order chi connectivity index (χ1) is 13.6. The summed E-state index contributed by atoms with van der Waals surface area (Å²) < 4.78 is 11.1. The molecular weight excluding hydrogens is 358 g/mol. The van der Waals surface area contributed by atoms with Crippen molar-refractivity contribution in [3.63, 3.8) is 0 Å². The van der Waals surface area contributed by atoms with Crippen LogP contribution in [0.5, 0.6) is 11.5 Å². The third-order valence-electron chi connectivity index (χ3n) is 4.82. The minimum Gasteiger partial charge on any atom is -0.496 e. The summed E-state index contributed by atoms with van der Waals surface area (Å²) in [6.45, 7) is 0.624. The van der Waals surface area contributed by atoms with Crippen LogP contribution in [-0.2, 0) is 11.2 Å². The fourth-order valence-electron chi connectivity index (χ4n) is 2.97. The fourth-order valence-corrected chi connectivity index (χ4v) is 2.97. The fraction of sp³-hybridized carbons (Fsp3) is 0.364. The number of nitrogens with one attached hydrogen (secondary N) is 1. The Bertz CT molecular complexity index is 831. The van der Waals surface area contributed by atoms with Crippen LogP contribution >= 0.6 is 0 Å². The largest absolute Gasteiger partial charge is 0.496 e. The second-order valence-electron chi connectivity index (χ2n) is 7.01. The lowest BCUT2D eigenvalue weighted by Crippen LogP contribution is -2.34. The van der Waals surface area contributed by atoms with Crippen molar-refractivity contribution < 1.29 is 24.2 Å². The van der Waals surface area contributed by atoms with Gasteiger partial charge in [0.1, 0.15) is 11.5 Å². The van der Waals surface area contributed by atoms with Gasteiger partial charge in [0.05, 0.1) is 25.2 Å². The van der Waals surface area contributed by atoms with Crippen molar-refractivity contribution in [2.45, 2.75) is 19.3 Å². The summed E-state index contributed by atoms with van der Waals surface area (Å²) in [5, 5.41) is 12.3. The number of ether oxygens (including phenoxy) is 2. The number of benzene rings is 2. The van der Waals surface area contributed by atoms with E-state index in [9.17, 15) is 14.7 Å². The zero-order valence-corrected chi connectivity index (χ0v) is 15.9. The second kappa shape index (κ2) is 9.26. The number of aliphatic carboxylic acids is 1. The van der Waals surface area contributed by atoms with Crippen LogP contribution in [0.4, 0.5) is 0 Å².